The molecule has 2 rings (SSSR count). The molecule has 0 spiro atoms. The molecule has 0 heterocycles. The Morgan fingerprint density at radius 2 is 1.75 bits per heavy atom. The van der Waals surface area contributed by atoms with Crippen molar-refractivity contribution in [1.29, 1.82) is 0 Å². The highest BCUT2D eigenvalue weighted by Gasteiger charge is 2.06. The van der Waals surface area contributed by atoms with E-state index in [1.807, 2.05) is 24.3 Å². The van der Waals surface area contributed by atoms with Crippen LogP contribution in [0.3, 0.4) is 0 Å². The van der Waals surface area contributed by atoms with Gasteiger partial charge in [-0.1, -0.05) is 60.7 Å². The quantitative estimate of drug-likeness (QED) is 0.662. The minimum absolute atomic E-state index is 0.346. The number of ether oxygens (including phenoxy) is 1. The highest BCUT2D eigenvalue weighted by atomic mass is 16.5. The Kier molecular flexibility index (Phi) is 5.19. The zero-order valence-corrected chi connectivity index (χ0v) is 11.8. The van der Waals surface area contributed by atoms with Crippen molar-refractivity contribution in [1.82, 2.24) is 0 Å². The van der Waals surface area contributed by atoms with Crippen LogP contribution in [0.5, 0.6) is 5.75 Å². The first-order valence-corrected chi connectivity index (χ1v) is 6.81. The molecule has 0 aliphatic heterocycles. The minimum atomic E-state index is 0.346. The van der Waals surface area contributed by atoms with Gasteiger partial charge in [0.1, 0.15) is 5.75 Å². The molecule has 1 unspecified atom stereocenters. The molecule has 2 aromatic carbocycles. The van der Waals surface area contributed by atoms with Crippen LogP contribution in [0.2, 0.25) is 0 Å². The summed E-state index contributed by atoms with van der Waals surface area (Å²) in [6.45, 7) is 3.86. The molecule has 0 aliphatic carbocycles. The smallest absolute Gasteiger partial charge is 0.118 e. The summed E-state index contributed by atoms with van der Waals surface area (Å²) >= 11 is 0. The Morgan fingerprint density at radius 3 is 2.35 bits per heavy atom. The van der Waals surface area contributed by atoms with Crippen molar-refractivity contribution in [3.63, 3.8) is 0 Å². The van der Waals surface area contributed by atoms with Crippen LogP contribution in [0.4, 0.5) is 0 Å². The van der Waals surface area contributed by atoms with Gasteiger partial charge in [0, 0.05) is 5.92 Å². The molecular formula is C19H20O. The van der Waals surface area contributed by atoms with Crippen LogP contribution in [-0.4, -0.2) is 7.11 Å². The molecule has 102 valence electrons. The topological polar surface area (TPSA) is 9.23 Å². The number of rotatable bonds is 6. The lowest BCUT2D eigenvalue weighted by atomic mass is 9.94. The molecule has 20 heavy (non-hydrogen) atoms. The van der Waals surface area contributed by atoms with Crippen LogP contribution in [-0.2, 0) is 0 Å². The van der Waals surface area contributed by atoms with Crippen LogP contribution < -0.4 is 4.74 Å². The fourth-order valence-corrected chi connectivity index (χ4v) is 2.15. The molecule has 0 aromatic heterocycles. The Morgan fingerprint density at radius 1 is 1.05 bits per heavy atom. The molecule has 1 atom stereocenters. The number of methoxy groups -OCH3 is 1. The number of hydrogen-bond acceptors (Lipinski definition) is 1. The summed E-state index contributed by atoms with van der Waals surface area (Å²) in [4.78, 5) is 0. The summed E-state index contributed by atoms with van der Waals surface area (Å²) in [7, 11) is 1.69. The maximum Gasteiger partial charge on any atom is 0.118 e. The van der Waals surface area contributed by atoms with E-state index in [4.69, 9.17) is 4.74 Å². The molecule has 0 fully saturated rings. The van der Waals surface area contributed by atoms with E-state index >= 15 is 0 Å². The highest BCUT2D eigenvalue weighted by molar-refractivity contribution is 5.50. The van der Waals surface area contributed by atoms with Gasteiger partial charge in [0.2, 0.25) is 0 Å². The average molecular weight is 264 g/mol. The number of hydrogen-bond donors (Lipinski definition) is 0. The second-order valence-corrected chi connectivity index (χ2v) is 4.67. The van der Waals surface area contributed by atoms with Gasteiger partial charge in [0.25, 0.3) is 0 Å². The van der Waals surface area contributed by atoms with Crippen molar-refractivity contribution in [2.75, 3.05) is 7.11 Å². The fourth-order valence-electron chi connectivity index (χ4n) is 2.15. The molecular weight excluding hydrogens is 244 g/mol. The predicted octanol–water partition coefficient (Wildman–Crippen LogP) is 5.07. The summed E-state index contributed by atoms with van der Waals surface area (Å²) in [5.74, 6) is 1.23. The summed E-state index contributed by atoms with van der Waals surface area (Å²) in [6.07, 6.45) is 7.29. The van der Waals surface area contributed by atoms with Gasteiger partial charge in [-0.15, -0.1) is 6.58 Å². The van der Waals surface area contributed by atoms with Crippen LogP contribution in [0.25, 0.3) is 6.08 Å². The number of allylic oxidation sites excluding steroid dienone is 2. The van der Waals surface area contributed by atoms with Crippen molar-refractivity contribution in [2.24, 2.45) is 0 Å². The third-order valence-electron chi connectivity index (χ3n) is 3.29. The maximum absolute atomic E-state index is 5.20. The molecule has 0 aliphatic rings. The van der Waals surface area contributed by atoms with Gasteiger partial charge in [-0.3, -0.25) is 0 Å². The SMILES string of the molecule is C=CCC(C=Cc1ccccc1)c1ccc(OC)cc1. The van der Waals surface area contributed by atoms with Crippen molar-refractivity contribution < 1.29 is 4.74 Å². The van der Waals surface area contributed by atoms with Crippen molar-refractivity contribution >= 4 is 6.08 Å². The van der Waals surface area contributed by atoms with Gasteiger partial charge in [-0.25, -0.2) is 0 Å². The molecule has 0 saturated carbocycles. The normalized spacial score (nSPS) is 12.2. The molecule has 0 bridgehead atoms. The Balaban J connectivity index is 2.17. The van der Waals surface area contributed by atoms with Crippen LogP contribution in [0.1, 0.15) is 23.5 Å². The second kappa shape index (κ2) is 7.34. The fraction of sp³-hybridized carbons (Fsp3) is 0.158. The summed E-state index contributed by atoms with van der Waals surface area (Å²) < 4.78 is 5.20. The molecule has 2 aromatic rings. The molecule has 1 heteroatoms. The van der Waals surface area contributed by atoms with Crippen LogP contribution in [0.15, 0.2) is 73.3 Å². The van der Waals surface area contributed by atoms with E-state index in [1.54, 1.807) is 7.11 Å². The van der Waals surface area contributed by atoms with Gasteiger partial charge in [-0.05, 0) is 29.7 Å². The van der Waals surface area contributed by atoms with E-state index in [1.165, 1.54) is 11.1 Å². The first kappa shape index (κ1) is 14.1. The molecule has 0 amide bonds. The van der Waals surface area contributed by atoms with Crippen LogP contribution in [0, 0.1) is 0 Å². The lowest BCUT2D eigenvalue weighted by Crippen LogP contribution is -1.94. The van der Waals surface area contributed by atoms with E-state index in [0.29, 0.717) is 5.92 Å². The van der Waals surface area contributed by atoms with E-state index in [9.17, 15) is 0 Å². The van der Waals surface area contributed by atoms with E-state index in [-0.39, 0.29) is 0 Å². The number of benzene rings is 2. The maximum atomic E-state index is 5.20. The Hall–Kier alpha value is -2.28. The third kappa shape index (κ3) is 3.86. The first-order valence-electron chi connectivity index (χ1n) is 6.81. The lowest BCUT2D eigenvalue weighted by Gasteiger charge is -2.11. The van der Waals surface area contributed by atoms with E-state index < -0.39 is 0 Å². The Labute approximate surface area is 121 Å². The second-order valence-electron chi connectivity index (χ2n) is 4.67. The largest absolute Gasteiger partial charge is 0.497 e. The highest BCUT2D eigenvalue weighted by Crippen LogP contribution is 2.24. The average Bonchev–Trinajstić information content (AvgIpc) is 2.52. The standard InChI is InChI=1S/C19H20O/c1-3-7-17(11-10-16-8-5-4-6-9-16)18-12-14-19(20-2)15-13-18/h3-6,8-15,17H,1,7H2,2H3. The molecule has 0 radical (unpaired) electrons. The van der Waals surface area contributed by atoms with E-state index in [0.717, 1.165) is 12.2 Å². The summed E-state index contributed by atoms with van der Waals surface area (Å²) in [5.41, 5.74) is 2.49. The monoisotopic (exact) mass is 264 g/mol. The summed E-state index contributed by atoms with van der Waals surface area (Å²) in [5, 5.41) is 0. The van der Waals surface area contributed by atoms with Crippen molar-refractivity contribution in [2.45, 2.75) is 12.3 Å². The van der Waals surface area contributed by atoms with Crippen molar-refractivity contribution in [3.05, 3.63) is 84.5 Å². The van der Waals surface area contributed by atoms with Crippen LogP contribution >= 0.6 is 0 Å². The van der Waals surface area contributed by atoms with Gasteiger partial charge >= 0.3 is 0 Å². The van der Waals surface area contributed by atoms with E-state index in [2.05, 4.69) is 55.1 Å². The lowest BCUT2D eigenvalue weighted by molar-refractivity contribution is 0.414. The predicted molar refractivity (Wildman–Crippen MR) is 86.0 cm³/mol. The first-order chi connectivity index (χ1) is 9.83. The zero-order chi connectivity index (χ0) is 14.2. The summed E-state index contributed by atoms with van der Waals surface area (Å²) in [6, 6.07) is 18.6. The van der Waals surface area contributed by atoms with Gasteiger partial charge < -0.3 is 4.74 Å². The minimum Gasteiger partial charge on any atom is -0.497 e. The van der Waals surface area contributed by atoms with Gasteiger partial charge in [0.05, 0.1) is 7.11 Å². The third-order valence-corrected chi connectivity index (χ3v) is 3.29. The van der Waals surface area contributed by atoms with Crippen molar-refractivity contribution in [3.8, 4) is 5.75 Å². The molecule has 0 saturated heterocycles. The molecule has 0 N–H and O–H groups in total. The van der Waals surface area contributed by atoms with Gasteiger partial charge in [-0.2, -0.15) is 0 Å². The molecule has 1 nitrogen and oxygen atoms in total. The van der Waals surface area contributed by atoms with Gasteiger partial charge in [0.15, 0.2) is 0 Å². The Bertz CT molecular complexity index is 552. The zero-order valence-electron chi connectivity index (χ0n) is 11.8.